The third-order valence-corrected chi connectivity index (χ3v) is 5.05. The minimum absolute atomic E-state index is 0.0116. The number of thiophene rings is 1. The molecule has 0 amide bonds. The van der Waals surface area contributed by atoms with Crippen molar-refractivity contribution < 1.29 is 17.6 Å². The Labute approximate surface area is 132 Å². The fourth-order valence-electron chi connectivity index (χ4n) is 2.05. The van der Waals surface area contributed by atoms with Crippen LogP contribution in [-0.4, -0.2) is 4.37 Å². The number of hydrogen-bond donors (Lipinski definition) is 1. The van der Waals surface area contributed by atoms with Crippen molar-refractivity contribution in [2.24, 2.45) is 0 Å². The summed E-state index contributed by atoms with van der Waals surface area (Å²) in [4.78, 5) is 0.182. The number of nitrogens with zero attached hydrogens (tertiary/aromatic N) is 1. The summed E-state index contributed by atoms with van der Waals surface area (Å²) in [6.07, 6.45) is 0.200. The van der Waals surface area contributed by atoms with Crippen LogP contribution >= 0.6 is 22.9 Å². The highest BCUT2D eigenvalue weighted by Crippen LogP contribution is 2.46. The van der Waals surface area contributed by atoms with E-state index in [1.54, 1.807) is 31.4 Å². The fraction of sp³-hybridized carbons (Fsp3) is 0.214. The average Bonchev–Trinajstić information content (AvgIpc) is 3.11. The van der Waals surface area contributed by atoms with E-state index in [2.05, 4.69) is 9.69 Å². The topological polar surface area (TPSA) is 38.1 Å². The highest BCUT2D eigenvalue weighted by Gasteiger charge is 2.38. The minimum Gasteiger partial charge on any atom is -0.467 e. The molecule has 0 bridgehead atoms. The lowest BCUT2D eigenvalue weighted by Gasteiger charge is -2.04. The lowest BCUT2D eigenvalue weighted by molar-refractivity contribution is -0.136. The second-order valence-electron chi connectivity index (χ2n) is 4.46. The van der Waals surface area contributed by atoms with E-state index >= 15 is 0 Å². The van der Waals surface area contributed by atoms with Gasteiger partial charge in [-0.3, -0.25) is 0 Å². The van der Waals surface area contributed by atoms with Crippen LogP contribution in [0.5, 0.6) is 0 Å². The van der Waals surface area contributed by atoms with Crippen LogP contribution in [0.15, 0.2) is 28.9 Å². The summed E-state index contributed by atoms with van der Waals surface area (Å²) >= 11 is 2.13. The van der Waals surface area contributed by atoms with Crippen molar-refractivity contribution in [1.29, 1.82) is 0 Å². The second kappa shape index (κ2) is 5.77. The molecule has 3 aromatic rings. The molecule has 0 saturated carbocycles. The van der Waals surface area contributed by atoms with Crippen molar-refractivity contribution in [2.45, 2.75) is 19.6 Å². The summed E-state index contributed by atoms with van der Waals surface area (Å²) in [5, 5.41) is 3.71. The lowest BCUT2D eigenvalue weighted by atomic mass is 10.2. The third-order valence-electron chi connectivity index (χ3n) is 2.95. The molecule has 3 rings (SSSR count). The minimum atomic E-state index is -4.42. The first-order chi connectivity index (χ1) is 10.5. The Kier molecular flexibility index (Phi) is 3.96. The first kappa shape index (κ1) is 15.1. The molecule has 8 heteroatoms. The van der Waals surface area contributed by atoms with Crippen LogP contribution < -0.4 is 5.32 Å². The number of allylic oxidation sites excluding steroid dienone is 1. The van der Waals surface area contributed by atoms with E-state index in [4.69, 9.17) is 4.42 Å². The second-order valence-corrected chi connectivity index (χ2v) is 6.29. The molecule has 0 fully saturated rings. The molecule has 1 N–H and O–H groups in total. The predicted molar refractivity (Wildman–Crippen MR) is 83.2 cm³/mol. The Balaban J connectivity index is 2.00. The van der Waals surface area contributed by atoms with Crippen LogP contribution in [0.25, 0.3) is 16.3 Å². The molecule has 3 nitrogen and oxygen atoms in total. The maximum atomic E-state index is 13.3. The highest BCUT2D eigenvalue weighted by atomic mass is 32.1. The standard InChI is InChI=1S/C14H11F3N2OS2/c1-2-4-9-10(14(15,16)17)11-12(21-9)13(22-19-11)18-7-8-5-3-6-20-8/h2-6,18H,7H2,1H3/b4-2+. The zero-order valence-electron chi connectivity index (χ0n) is 11.4. The molecule has 0 atom stereocenters. The maximum Gasteiger partial charge on any atom is 0.419 e. The van der Waals surface area contributed by atoms with Gasteiger partial charge < -0.3 is 9.73 Å². The van der Waals surface area contributed by atoms with Gasteiger partial charge in [0.25, 0.3) is 0 Å². The summed E-state index contributed by atoms with van der Waals surface area (Å²) in [6, 6.07) is 3.56. The fourth-order valence-corrected chi connectivity index (χ4v) is 4.17. The van der Waals surface area contributed by atoms with Crippen molar-refractivity contribution >= 4 is 44.2 Å². The van der Waals surface area contributed by atoms with E-state index in [1.807, 2.05) is 0 Å². The van der Waals surface area contributed by atoms with Gasteiger partial charge in [0.05, 0.1) is 17.5 Å². The molecule has 0 aliphatic rings. The van der Waals surface area contributed by atoms with Crippen molar-refractivity contribution in [1.82, 2.24) is 4.37 Å². The van der Waals surface area contributed by atoms with E-state index in [1.165, 1.54) is 6.08 Å². The predicted octanol–water partition coefficient (Wildman–Crippen LogP) is 5.61. The Hall–Kier alpha value is -1.80. The summed E-state index contributed by atoms with van der Waals surface area (Å²) in [6.45, 7) is 2.10. The Morgan fingerprint density at radius 3 is 2.86 bits per heavy atom. The van der Waals surface area contributed by atoms with E-state index < -0.39 is 11.7 Å². The van der Waals surface area contributed by atoms with E-state index in [0.29, 0.717) is 22.0 Å². The van der Waals surface area contributed by atoms with Gasteiger partial charge in [-0.2, -0.15) is 17.5 Å². The first-order valence-corrected chi connectivity index (χ1v) is 7.98. The maximum absolute atomic E-state index is 13.3. The largest absolute Gasteiger partial charge is 0.467 e. The number of nitrogens with one attached hydrogen (secondary N) is 1. The van der Waals surface area contributed by atoms with Gasteiger partial charge in [-0.25, -0.2) is 0 Å². The number of fused-ring (bicyclic) bond motifs is 1. The number of alkyl halides is 3. The van der Waals surface area contributed by atoms with Crippen LogP contribution in [0, 0.1) is 0 Å². The molecule has 0 spiro atoms. The van der Waals surface area contributed by atoms with Gasteiger partial charge in [-0.15, -0.1) is 11.3 Å². The molecule has 0 aliphatic carbocycles. The number of furan rings is 1. The third kappa shape index (κ3) is 2.76. The zero-order chi connectivity index (χ0) is 15.7. The van der Waals surface area contributed by atoms with E-state index in [-0.39, 0.29) is 10.4 Å². The van der Waals surface area contributed by atoms with E-state index in [9.17, 15) is 13.2 Å². The Morgan fingerprint density at radius 1 is 1.41 bits per heavy atom. The molecule has 0 aromatic carbocycles. The molecular weight excluding hydrogens is 333 g/mol. The molecule has 0 saturated heterocycles. The molecule has 3 heterocycles. The molecule has 0 radical (unpaired) electrons. The SMILES string of the molecule is C/C=C/c1sc2c(NCc3ccco3)snc2c1C(F)(F)F. The van der Waals surface area contributed by atoms with Gasteiger partial charge in [0.1, 0.15) is 21.8 Å². The van der Waals surface area contributed by atoms with Gasteiger partial charge >= 0.3 is 6.18 Å². The summed E-state index contributed by atoms with van der Waals surface area (Å²) in [5.41, 5.74) is -0.648. The van der Waals surface area contributed by atoms with Gasteiger partial charge in [0.2, 0.25) is 0 Å². The van der Waals surface area contributed by atoms with Crippen LogP contribution in [0.2, 0.25) is 0 Å². The molecule has 0 unspecified atom stereocenters. The number of aromatic nitrogens is 1. The van der Waals surface area contributed by atoms with E-state index in [0.717, 1.165) is 22.9 Å². The number of rotatable bonds is 4. The summed E-state index contributed by atoms with van der Waals surface area (Å²) < 4.78 is 49.5. The van der Waals surface area contributed by atoms with Crippen LogP contribution in [-0.2, 0) is 12.7 Å². The van der Waals surface area contributed by atoms with Crippen molar-refractivity contribution in [3.8, 4) is 0 Å². The van der Waals surface area contributed by atoms with Crippen molar-refractivity contribution in [3.63, 3.8) is 0 Å². The summed E-state index contributed by atoms with van der Waals surface area (Å²) in [5.74, 6) is 0.711. The molecular formula is C14H11F3N2OS2. The van der Waals surface area contributed by atoms with Crippen LogP contribution in [0.4, 0.5) is 18.2 Å². The van der Waals surface area contributed by atoms with Crippen LogP contribution in [0.3, 0.4) is 0 Å². The van der Waals surface area contributed by atoms with Gasteiger partial charge in [0.15, 0.2) is 0 Å². The van der Waals surface area contributed by atoms with Crippen molar-refractivity contribution in [2.75, 3.05) is 5.32 Å². The number of hydrogen-bond acceptors (Lipinski definition) is 5. The molecule has 3 aromatic heterocycles. The van der Waals surface area contributed by atoms with Gasteiger partial charge in [-0.1, -0.05) is 6.08 Å². The zero-order valence-corrected chi connectivity index (χ0v) is 13.0. The first-order valence-electron chi connectivity index (χ1n) is 6.39. The molecule has 22 heavy (non-hydrogen) atoms. The lowest BCUT2D eigenvalue weighted by Crippen LogP contribution is -2.05. The highest BCUT2D eigenvalue weighted by molar-refractivity contribution is 7.25. The Morgan fingerprint density at radius 2 is 2.23 bits per heavy atom. The monoisotopic (exact) mass is 344 g/mol. The average molecular weight is 344 g/mol. The Bertz CT molecular complexity index is 800. The number of halogens is 3. The smallest absolute Gasteiger partial charge is 0.419 e. The van der Waals surface area contributed by atoms with Gasteiger partial charge in [-0.05, 0) is 36.7 Å². The molecule has 0 aliphatic heterocycles. The van der Waals surface area contributed by atoms with Crippen molar-refractivity contribution in [3.05, 3.63) is 40.7 Å². The summed E-state index contributed by atoms with van der Waals surface area (Å²) in [7, 11) is 0. The normalized spacial score (nSPS) is 12.5. The number of anilines is 1. The van der Waals surface area contributed by atoms with Crippen LogP contribution in [0.1, 0.15) is 23.1 Å². The quantitative estimate of drug-likeness (QED) is 0.668. The molecule has 116 valence electrons. The van der Waals surface area contributed by atoms with Gasteiger partial charge in [0, 0.05) is 4.88 Å².